The second-order valence-corrected chi connectivity index (χ2v) is 6.28. The van der Waals surface area contributed by atoms with Crippen LogP contribution in [0.1, 0.15) is 17.4 Å². The number of aryl methyl sites for hydroxylation is 1. The summed E-state index contributed by atoms with van der Waals surface area (Å²) in [6.45, 7) is 0. The Hall–Kier alpha value is -2.50. The fourth-order valence-corrected chi connectivity index (χ4v) is 2.77. The van der Waals surface area contributed by atoms with Gasteiger partial charge in [0.25, 0.3) is 0 Å². The van der Waals surface area contributed by atoms with Crippen LogP contribution < -0.4 is 10.6 Å². The third-order valence-electron chi connectivity index (χ3n) is 3.70. The van der Waals surface area contributed by atoms with Crippen molar-refractivity contribution in [2.45, 2.75) is 6.04 Å². The van der Waals surface area contributed by atoms with Crippen molar-refractivity contribution < 1.29 is 4.79 Å². The molecule has 0 aliphatic rings. The number of benzene rings is 2. The molecule has 2 amide bonds. The quantitative estimate of drug-likeness (QED) is 0.698. The highest BCUT2D eigenvalue weighted by molar-refractivity contribution is 6.42. The zero-order chi connectivity index (χ0) is 17.8. The van der Waals surface area contributed by atoms with Gasteiger partial charge in [0.2, 0.25) is 0 Å². The maximum Gasteiger partial charge on any atom is 0.320 e. The molecule has 0 radical (unpaired) electrons. The fourth-order valence-electron chi connectivity index (χ4n) is 2.47. The summed E-state index contributed by atoms with van der Waals surface area (Å²) in [5.74, 6) is 0.732. The molecular formula is C18H16Cl2N4O. The molecule has 0 fully saturated rings. The smallest absolute Gasteiger partial charge is 0.320 e. The van der Waals surface area contributed by atoms with Crippen LogP contribution in [0.3, 0.4) is 0 Å². The van der Waals surface area contributed by atoms with Gasteiger partial charge in [-0.2, -0.15) is 0 Å². The Balaban J connectivity index is 1.81. The minimum atomic E-state index is -0.385. The van der Waals surface area contributed by atoms with Crippen LogP contribution in [0.2, 0.25) is 10.0 Å². The lowest BCUT2D eigenvalue weighted by Crippen LogP contribution is -2.34. The predicted molar refractivity (Wildman–Crippen MR) is 100 cm³/mol. The zero-order valence-electron chi connectivity index (χ0n) is 13.4. The molecule has 0 saturated carbocycles. The molecule has 0 saturated heterocycles. The largest absolute Gasteiger partial charge is 0.336 e. The molecule has 0 spiro atoms. The second-order valence-electron chi connectivity index (χ2n) is 5.47. The van der Waals surface area contributed by atoms with Gasteiger partial charge in [0.15, 0.2) is 0 Å². The van der Waals surface area contributed by atoms with Gasteiger partial charge in [-0.05, 0) is 23.8 Å². The molecule has 3 aromatic rings. The van der Waals surface area contributed by atoms with Crippen LogP contribution in [0.5, 0.6) is 0 Å². The Bertz CT molecular complexity index is 880. The minimum Gasteiger partial charge on any atom is -0.336 e. The first-order chi connectivity index (χ1) is 12.0. The molecule has 0 aliphatic heterocycles. The van der Waals surface area contributed by atoms with E-state index in [0.717, 1.165) is 11.4 Å². The molecule has 0 aliphatic carbocycles. The van der Waals surface area contributed by atoms with E-state index in [-0.39, 0.29) is 12.1 Å². The summed E-state index contributed by atoms with van der Waals surface area (Å²) in [6, 6.07) is 13.8. The van der Waals surface area contributed by atoms with E-state index < -0.39 is 0 Å². The van der Waals surface area contributed by atoms with E-state index in [9.17, 15) is 4.79 Å². The number of urea groups is 1. The van der Waals surface area contributed by atoms with E-state index in [1.54, 1.807) is 24.4 Å². The topological polar surface area (TPSA) is 59.0 Å². The van der Waals surface area contributed by atoms with Crippen LogP contribution in [0, 0.1) is 0 Å². The molecule has 128 valence electrons. The SMILES string of the molecule is Cn1ccnc1C(NC(=O)Nc1ccc(Cl)c(Cl)c1)c1ccccc1. The number of imidazole rings is 1. The van der Waals surface area contributed by atoms with Gasteiger partial charge < -0.3 is 15.2 Å². The fraction of sp³-hybridized carbons (Fsp3) is 0.111. The van der Waals surface area contributed by atoms with E-state index in [4.69, 9.17) is 23.2 Å². The summed E-state index contributed by atoms with van der Waals surface area (Å²) in [7, 11) is 1.89. The molecule has 1 unspecified atom stereocenters. The van der Waals surface area contributed by atoms with Gasteiger partial charge in [0, 0.05) is 25.1 Å². The van der Waals surface area contributed by atoms with Crippen molar-refractivity contribution in [1.82, 2.24) is 14.9 Å². The molecule has 7 heteroatoms. The lowest BCUT2D eigenvalue weighted by atomic mass is 10.1. The average Bonchev–Trinajstić information content (AvgIpc) is 3.03. The lowest BCUT2D eigenvalue weighted by Gasteiger charge is -2.19. The number of amides is 2. The maximum atomic E-state index is 12.5. The van der Waals surface area contributed by atoms with Gasteiger partial charge in [-0.1, -0.05) is 53.5 Å². The first-order valence-electron chi connectivity index (χ1n) is 7.59. The van der Waals surface area contributed by atoms with Gasteiger partial charge >= 0.3 is 6.03 Å². The summed E-state index contributed by atoms with van der Waals surface area (Å²) in [5, 5.41) is 6.52. The van der Waals surface area contributed by atoms with Gasteiger partial charge in [0.1, 0.15) is 11.9 Å². The molecule has 1 atom stereocenters. The zero-order valence-corrected chi connectivity index (χ0v) is 14.9. The minimum absolute atomic E-state index is 0.366. The van der Waals surface area contributed by atoms with Gasteiger partial charge in [-0.25, -0.2) is 9.78 Å². The molecule has 3 rings (SSSR count). The number of nitrogens with one attached hydrogen (secondary N) is 2. The normalized spacial score (nSPS) is 11.8. The van der Waals surface area contributed by atoms with Crippen molar-refractivity contribution in [2.24, 2.45) is 7.05 Å². The van der Waals surface area contributed by atoms with Crippen molar-refractivity contribution in [2.75, 3.05) is 5.32 Å². The van der Waals surface area contributed by atoms with Crippen LogP contribution >= 0.6 is 23.2 Å². The molecule has 2 N–H and O–H groups in total. The average molecular weight is 375 g/mol. The van der Waals surface area contributed by atoms with E-state index in [1.165, 1.54) is 0 Å². The predicted octanol–water partition coefficient (Wildman–Crippen LogP) is 4.64. The number of anilines is 1. The van der Waals surface area contributed by atoms with Gasteiger partial charge in [-0.15, -0.1) is 0 Å². The summed E-state index contributed by atoms with van der Waals surface area (Å²) in [5.41, 5.74) is 1.49. The first-order valence-corrected chi connectivity index (χ1v) is 8.35. The van der Waals surface area contributed by atoms with Crippen LogP contribution in [0.4, 0.5) is 10.5 Å². The number of hydrogen-bond acceptors (Lipinski definition) is 2. The summed E-state index contributed by atoms with van der Waals surface area (Å²) < 4.78 is 1.87. The van der Waals surface area contributed by atoms with Crippen molar-refractivity contribution >= 4 is 34.9 Å². The number of nitrogens with zero attached hydrogens (tertiary/aromatic N) is 2. The summed E-state index contributed by atoms with van der Waals surface area (Å²) in [6.07, 6.45) is 3.54. The number of aromatic nitrogens is 2. The molecule has 5 nitrogen and oxygen atoms in total. The Morgan fingerprint density at radius 1 is 1.12 bits per heavy atom. The number of rotatable bonds is 4. The van der Waals surface area contributed by atoms with Crippen molar-refractivity contribution in [3.63, 3.8) is 0 Å². The molecular weight excluding hydrogens is 359 g/mol. The number of carbonyl (C=O) groups excluding carboxylic acids is 1. The standard InChI is InChI=1S/C18H16Cl2N4O/c1-24-10-9-21-17(24)16(12-5-3-2-4-6-12)23-18(25)22-13-7-8-14(19)15(20)11-13/h2-11,16H,1H3,(H2,22,23,25). The van der Waals surface area contributed by atoms with E-state index >= 15 is 0 Å². The monoisotopic (exact) mass is 374 g/mol. The van der Waals surface area contributed by atoms with Crippen LogP contribution in [0.25, 0.3) is 0 Å². The van der Waals surface area contributed by atoms with E-state index in [2.05, 4.69) is 15.6 Å². The molecule has 2 aromatic carbocycles. The Morgan fingerprint density at radius 2 is 1.88 bits per heavy atom. The van der Waals surface area contributed by atoms with Gasteiger partial charge in [0.05, 0.1) is 10.0 Å². The third-order valence-corrected chi connectivity index (χ3v) is 4.44. The number of hydrogen-bond donors (Lipinski definition) is 2. The highest BCUT2D eigenvalue weighted by atomic mass is 35.5. The molecule has 1 heterocycles. The molecule has 0 bridgehead atoms. The van der Waals surface area contributed by atoms with Crippen LogP contribution in [0.15, 0.2) is 60.9 Å². The summed E-state index contributed by atoms with van der Waals surface area (Å²) >= 11 is 11.9. The van der Waals surface area contributed by atoms with E-state index in [1.807, 2.05) is 48.1 Å². The van der Waals surface area contributed by atoms with Crippen LogP contribution in [-0.4, -0.2) is 15.6 Å². The molecule has 1 aromatic heterocycles. The van der Waals surface area contributed by atoms with Crippen molar-refractivity contribution in [1.29, 1.82) is 0 Å². The second kappa shape index (κ2) is 7.59. The highest BCUT2D eigenvalue weighted by Gasteiger charge is 2.20. The van der Waals surface area contributed by atoms with E-state index in [0.29, 0.717) is 15.7 Å². The Kier molecular flexibility index (Phi) is 5.26. The molecule has 25 heavy (non-hydrogen) atoms. The lowest BCUT2D eigenvalue weighted by molar-refractivity contribution is 0.249. The van der Waals surface area contributed by atoms with Crippen molar-refractivity contribution in [3.05, 3.63) is 82.4 Å². The van der Waals surface area contributed by atoms with Gasteiger partial charge in [-0.3, -0.25) is 0 Å². The summed E-state index contributed by atoms with van der Waals surface area (Å²) in [4.78, 5) is 16.8. The first kappa shape index (κ1) is 17.3. The highest BCUT2D eigenvalue weighted by Crippen LogP contribution is 2.25. The maximum absolute atomic E-state index is 12.5. The van der Waals surface area contributed by atoms with Crippen molar-refractivity contribution in [3.8, 4) is 0 Å². The Labute approximate surface area is 155 Å². The third kappa shape index (κ3) is 4.13. The van der Waals surface area contributed by atoms with Crippen LogP contribution in [-0.2, 0) is 7.05 Å². The number of carbonyl (C=O) groups is 1. The number of halogens is 2. The Morgan fingerprint density at radius 3 is 2.52 bits per heavy atom.